The van der Waals surface area contributed by atoms with Crippen LogP contribution >= 0.6 is 0 Å². The van der Waals surface area contributed by atoms with Gasteiger partial charge in [0.25, 0.3) is 5.91 Å². The molecule has 1 aliphatic rings. The molecule has 122 valence electrons. The molecule has 1 aromatic heterocycles. The molecule has 0 aliphatic carbocycles. The van der Waals surface area contributed by atoms with Crippen molar-refractivity contribution in [2.24, 2.45) is 0 Å². The van der Waals surface area contributed by atoms with Gasteiger partial charge in [-0.1, -0.05) is 18.2 Å². The topological polar surface area (TPSA) is 105 Å². The van der Waals surface area contributed by atoms with Crippen LogP contribution in [0, 0.1) is 0 Å². The highest BCUT2D eigenvalue weighted by Gasteiger charge is 2.29. The Morgan fingerprint density at radius 3 is 2.78 bits per heavy atom. The van der Waals surface area contributed by atoms with Gasteiger partial charge in [0.2, 0.25) is 0 Å². The van der Waals surface area contributed by atoms with Gasteiger partial charge < -0.3 is 15.0 Å². The molecule has 7 nitrogen and oxygen atoms in total. The zero-order chi connectivity index (χ0) is 16.4. The van der Waals surface area contributed by atoms with Crippen molar-refractivity contribution >= 4 is 32.6 Å². The van der Waals surface area contributed by atoms with E-state index in [1.54, 1.807) is 6.07 Å². The summed E-state index contributed by atoms with van der Waals surface area (Å²) in [6.45, 7) is -0.440. The fraction of sp³-hybridized carbons (Fsp3) is 0.333. The lowest BCUT2D eigenvalue weighted by Crippen LogP contribution is -2.38. The number of aromatic nitrogens is 1. The quantitative estimate of drug-likeness (QED) is 0.797. The summed E-state index contributed by atoms with van der Waals surface area (Å²) in [7, 11) is -3.06. The number of aromatic amines is 1. The van der Waals surface area contributed by atoms with Crippen LogP contribution in [-0.2, 0) is 19.4 Å². The molecule has 1 saturated heterocycles. The second kappa shape index (κ2) is 6.04. The first-order valence-electron chi connectivity index (χ1n) is 7.18. The average molecular weight is 336 g/mol. The first kappa shape index (κ1) is 15.5. The van der Waals surface area contributed by atoms with E-state index in [0.29, 0.717) is 6.42 Å². The Hall–Kier alpha value is -2.35. The molecule has 0 radical (unpaired) electrons. The predicted molar refractivity (Wildman–Crippen MR) is 83.8 cm³/mol. The van der Waals surface area contributed by atoms with E-state index >= 15 is 0 Å². The molecule has 8 heteroatoms. The van der Waals surface area contributed by atoms with E-state index in [0.717, 1.165) is 10.9 Å². The summed E-state index contributed by atoms with van der Waals surface area (Å²) in [6.07, 6.45) is 0.393. The minimum absolute atomic E-state index is 0.0608. The number of carbonyl (C=O) groups excluding carboxylic acids is 2. The van der Waals surface area contributed by atoms with Gasteiger partial charge >= 0.3 is 5.97 Å². The molecule has 1 amide bonds. The molecule has 0 spiro atoms. The molecule has 0 unspecified atom stereocenters. The van der Waals surface area contributed by atoms with Gasteiger partial charge in [-0.3, -0.25) is 4.79 Å². The summed E-state index contributed by atoms with van der Waals surface area (Å²) in [4.78, 5) is 26.6. The van der Waals surface area contributed by atoms with Gasteiger partial charge in [0.15, 0.2) is 16.4 Å². The fourth-order valence-electron chi connectivity index (χ4n) is 2.57. The van der Waals surface area contributed by atoms with Crippen LogP contribution in [0.25, 0.3) is 10.9 Å². The van der Waals surface area contributed by atoms with Gasteiger partial charge in [0, 0.05) is 16.9 Å². The molecule has 3 rings (SSSR count). The van der Waals surface area contributed by atoms with Crippen molar-refractivity contribution in [2.75, 3.05) is 18.1 Å². The van der Waals surface area contributed by atoms with Gasteiger partial charge in [0.1, 0.15) is 5.69 Å². The number of ether oxygens (including phenoxy) is 1. The third kappa shape index (κ3) is 3.70. The first-order chi connectivity index (χ1) is 10.9. The Kier molecular flexibility index (Phi) is 4.08. The van der Waals surface area contributed by atoms with Gasteiger partial charge in [-0.25, -0.2) is 13.2 Å². The second-order valence-corrected chi connectivity index (χ2v) is 7.74. The molecule has 1 fully saturated rings. The highest BCUT2D eigenvalue weighted by molar-refractivity contribution is 7.91. The first-order valence-corrected chi connectivity index (χ1v) is 9.00. The Balaban J connectivity index is 1.53. The van der Waals surface area contributed by atoms with Crippen LogP contribution < -0.4 is 5.32 Å². The molecule has 2 heterocycles. The number of carbonyl (C=O) groups is 2. The minimum Gasteiger partial charge on any atom is -0.451 e. The maximum absolute atomic E-state index is 11.9. The SMILES string of the molecule is O=C(COC(=O)c1cc2ccccc2[nH]1)N[C@H]1CCS(=O)(=O)C1. The monoisotopic (exact) mass is 336 g/mol. The smallest absolute Gasteiger partial charge is 0.355 e. The molecule has 1 aromatic carbocycles. The largest absolute Gasteiger partial charge is 0.451 e. The van der Waals surface area contributed by atoms with Crippen molar-refractivity contribution in [3.8, 4) is 0 Å². The van der Waals surface area contributed by atoms with E-state index in [9.17, 15) is 18.0 Å². The zero-order valence-corrected chi connectivity index (χ0v) is 13.1. The van der Waals surface area contributed by atoms with E-state index in [1.807, 2.05) is 24.3 Å². The summed E-state index contributed by atoms with van der Waals surface area (Å²) in [5.41, 5.74) is 1.07. The lowest BCUT2D eigenvalue weighted by atomic mass is 10.2. The number of para-hydroxylation sites is 1. The lowest BCUT2D eigenvalue weighted by Gasteiger charge is -2.10. The normalized spacial score (nSPS) is 19.6. The fourth-order valence-corrected chi connectivity index (χ4v) is 4.24. The molecule has 23 heavy (non-hydrogen) atoms. The van der Waals surface area contributed by atoms with Crippen LogP contribution in [0.15, 0.2) is 30.3 Å². The number of sulfone groups is 1. The highest BCUT2D eigenvalue weighted by Crippen LogP contribution is 2.15. The molecule has 2 N–H and O–H groups in total. The molecular formula is C15H16N2O5S. The molecule has 1 atom stereocenters. The molecule has 2 aromatic rings. The van der Waals surface area contributed by atoms with Crippen molar-refractivity contribution in [3.63, 3.8) is 0 Å². The van der Waals surface area contributed by atoms with Crippen molar-refractivity contribution in [3.05, 3.63) is 36.0 Å². The summed E-state index contributed by atoms with van der Waals surface area (Å²) in [5, 5.41) is 3.44. The second-order valence-electron chi connectivity index (χ2n) is 5.51. The third-order valence-corrected chi connectivity index (χ3v) is 5.45. The number of benzene rings is 1. The van der Waals surface area contributed by atoms with E-state index < -0.39 is 34.4 Å². The summed E-state index contributed by atoms with van der Waals surface area (Å²) in [5.74, 6) is -1.12. The molecule has 0 saturated carbocycles. The Labute approximate surface area is 132 Å². The maximum Gasteiger partial charge on any atom is 0.355 e. The third-order valence-electron chi connectivity index (χ3n) is 3.68. The number of hydrogen-bond acceptors (Lipinski definition) is 5. The Morgan fingerprint density at radius 1 is 1.30 bits per heavy atom. The summed E-state index contributed by atoms with van der Waals surface area (Å²) < 4.78 is 27.6. The van der Waals surface area contributed by atoms with E-state index in [1.165, 1.54) is 0 Å². The highest BCUT2D eigenvalue weighted by atomic mass is 32.2. The van der Waals surface area contributed by atoms with Gasteiger partial charge in [-0.05, 0) is 18.6 Å². The number of rotatable bonds is 4. The Morgan fingerprint density at radius 2 is 2.09 bits per heavy atom. The molecule has 1 aliphatic heterocycles. The Bertz CT molecular complexity index is 823. The summed E-state index contributed by atoms with van der Waals surface area (Å²) >= 11 is 0. The van der Waals surface area contributed by atoms with Crippen LogP contribution in [0.2, 0.25) is 0 Å². The predicted octanol–water partition coefficient (Wildman–Crippen LogP) is 0.628. The van der Waals surface area contributed by atoms with Crippen LogP contribution in [0.3, 0.4) is 0 Å². The van der Waals surface area contributed by atoms with E-state index in [2.05, 4.69) is 10.3 Å². The van der Waals surface area contributed by atoms with Gasteiger partial charge in [0.05, 0.1) is 11.5 Å². The number of nitrogens with one attached hydrogen (secondary N) is 2. The van der Waals surface area contributed by atoms with Crippen LogP contribution in [0.4, 0.5) is 0 Å². The summed E-state index contributed by atoms with van der Waals surface area (Å²) in [6, 6.07) is 8.64. The van der Waals surface area contributed by atoms with E-state index in [-0.39, 0.29) is 17.2 Å². The number of hydrogen-bond donors (Lipinski definition) is 2. The lowest BCUT2D eigenvalue weighted by molar-refractivity contribution is -0.124. The number of amides is 1. The zero-order valence-electron chi connectivity index (χ0n) is 12.2. The van der Waals surface area contributed by atoms with Crippen LogP contribution in [0.5, 0.6) is 0 Å². The van der Waals surface area contributed by atoms with Crippen molar-refractivity contribution < 1.29 is 22.7 Å². The van der Waals surface area contributed by atoms with E-state index in [4.69, 9.17) is 4.74 Å². The number of fused-ring (bicyclic) bond motifs is 1. The maximum atomic E-state index is 11.9. The van der Waals surface area contributed by atoms with Gasteiger partial charge in [-0.2, -0.15) is 0 Å². The number of esters is 1. The van der Waals surface area contributed by atoms with Gasteiger partial charge in [-0.15, -0.1) is 0 Å². The average Bonchev–Trinajstić information content (AvgIpc) is 3.07. The van der Waals surface area contributed by atoms with Crippen LogP contribution in [-0.4, -0.2) is 49.4 Å². The molecular weight excluding hydrogens is 320 g/mol. The standard InChI is InChI=1S/C15H16N2O5S/c18-14(16-11-5-6-23(20,21)9-11)8-22-15(19)13-7-10-3-1-2-4-12(10)17-13/h1-4,7,11,17H,5-6,8-9H2,(H,16,18)/t11-/m0/s1. The minimum atomic E-state index is -3.06. The van der Waals surface area contributed by atoms with Crippen molar-refractivity contribution in [2.45, 2.75) is 12.5 Å². The molecule has 0 bridgehead atoms. The van der Waals surface area contributed by atoms with Crippen molar-refractivity contribution in [1.29, 1.82) is 0 Å². The van der Waals surface area contributed by atoms with Crippen molar-refractivity contribution in [1.82, 2.24) is 10.3 Å². The van der Waals surface area contributed by atoms with Crippen LogP contribution in [0.1, 0.15) is 16.9 Å². The number of H-pyrrole nitrogens is 1.